The number of methoxy groups -OCH3 is 1. The number of nitrogens with two attached hydrogens (primary N) is 1. The first-order valence-electron chi connectivity index (χ1n) is 6.45. The average Bonchev–Trinajstić information content (AvgIpc) is 2.54. The number of aromatic nitrogens is 1. The maximum atomic E-state index is 12.4. The van der Waals surface area contributed by atoms with Gasteiger partial charge in [0.1, 0.15) is 5.75 Å². The van der Waals surface area contributed by atoms with Gasteiger partial charge in [-0.25, -0.2) is 10.8 Å². The summed E-state index contributed by atoms with van der Waals surface area (Å²) in [6.45, 7) is 0.488. The van der Waals surface area contributed by atoms with Gasteiger partial charge in [-0.1, -0.05) is 12.1 Å². The highest BCUT2D eigenvalue weighted by Gasteiger charge is 2.16. The highest BCUT2D eigenvalue weighted by atomic mass is 16.5. The average molecular weight is 286 g/mol. The van der Waals surface area contributed by atoms with Crippen molar-refractivity contribution in [2.24, 2.45) is 5.84 Å². The van der Waals surface area contributed by atoms with Gasteiger partial charge in [0, 0.05) is 19.8 Å². The van der Waals surface area contributed by atoms with Crippen molar-refractivity contribution in [1.82, 2.24) is 9.88 Å². The van der Waals surface area contributed by atoms with Crippen LogP contribution >= 0.6 is 0 Å². The van der Waals surface area contributed by atoms with Crippen molar-refractivity contribution < 1.29 is 9.53 Å². The second-order valence-corrected chi connectivity index (χ2v) is 4.55. The van der Waals surface area contributed by atoms with E-state index in [1.54, 1.807) is 37.4 Å². The van der Waals surface area contributed by atoms with Gasteiger partial charge in [-0.2, -0.15) is 0 Å². The van der Waals surface area contributed by atoms with Crippen molar-refractivity contribution in [3.05, 3.63) is 53.7 Å². The van der Waals surface area contributed by atoms with Crippen LogP contribution in [0.2, 0.25) is 0 Å². The number of nitrogens with one attached hydrogen (secondary N) is 1. The highest BCUT2D eigenvalue weighted by Crippen LogP contribution is 2.16. The topological polar surface area (TPSA) is 80.5 Å². The van der Waals surface area contributed by atoms with Gasteiger partial charge in [0.2, 0.25) is 0 Å². The van der Waals surface area contributed by atoms with Crippen LogP contribution in [-0.2, 0) is 6.54 Å². The number of carbonyl (C=O) groups is 1. The molecule has 1 aromatic carbocycles. The zero-order valence-electron chi connectivity index (χ0n) is 12.0. The third-order valence-corrected chi connectivity index (χ3v) is 3.10. The van der Waals surface area contributed by atoms with Crippen LogP contribution in [0.25, 0.3) is 0 Å². The van der Waals surface area contributed by atoms with Gasteiger partial charge in [-0.3, -0.25) is 4.79 Å². The Labute approximate surface area is 123 Å². The number of hydrazine groups is 1. The summed E-state index contributed by atoms with van der Waals surface area (Å²) in [6, 6.07) is 11.0. The van der Waals surface area contributed by atoms with Crippen LogP contribution in [0, 0.1) is 0 Å². The van der Waals surface area contributed by atoms with Crippen LogP contribution in [0.1, 0.15) is 15.9 Å². The molecule has 0 radical (unpaired) electrons. The molecular formula is C15H18N4O2. The van der Waals surface area contributed by atoms with E-state index in [0.29, 0.717) is 17.9 Å². The molecule has 0 bridgehead atoms. The number of hydrogen-bond acceptors (Lipinski definition) is 5. The van der Waals surface area contributed by atoms with E-state index < -0.39 is 0 Å². The lowest BCUT2D eigenvalue weighted by atomic mass is 10.2. The van der Waals surface area contributed by atoms with E-state index in [1.807, 2.05) is 24.3 Å². The maximum absolute atomic E-state index is 12.4. The Bertz CT molecular complexity index is 613. The zero-order valence-corrected chi connectivity index (χ0v) is 12.0. The molecule has 0 aliphatic carbocycles. The Morgan fingerprint density at radius 1 is 1.33 bits per heavy atom. The Morgan fingerprint density at radius 2 is 2.05 bits per heavy atom. The molecule has 2 rings (SSSR count). The van der Waals surface area contributed by atoms with Gasteiger partial charge in [0.05, 0.1) is 12.7 Å². The van der Waals surface area contributed by atoms with Crippen molar-refractivity contribution >= 4 is 11.7 Å². The van der Waals surface area contributed by atoms with Gasteiger partial charge in [-0.05, 0) is 29.8 Å². The van der Waals surface area contributed by atoms with Crippen molar-refractivity contribution in [2.75, 3.05) is 19.6 Å². The summed E-state index contributed by atoms with van der Waals surface area (Å²) >= 11 is 0. The summed E-state index contributed by atoms with van der Waals surface area (Å²) in [5, 5.41) is 0. The summed E-state index contributed by atoms with van der Waals surface area (Å²) in [7, 11) is 3.36. The number of hydrogen-bond donors (Lipinski definition) is 2. The second kappa shape index (κ2) is 6.71. The number of nitrogen functional groups attached to an aromatic ring is 1. The van der Waals surface area contributed by atoms with Crippen LogP contribution in [0.5, 0.6) is 5.75 Å². The molecule has 6 nitrogen and oxygen atoms in total. The molecule has 0 saturated heterocycles. The van der Waals surface area contributed by atoms with E-state index in [0.717, 1.165) is 11.3 Å². The Morgan fingerprint density at radius 3 is 2.67 bits per heavy atom. The second-order valence-electron chi connectivity index (χ2n) is 4.55. The van der Waals surface area contributed by atoms with Gasteiger partial charge < -0.3 is 15.1 Å². The first-order chi connectivity index (χ1) is 10.2. The third kappa shape index (κ3) is 3.49. The number of nitrogens with zero attached hydrogens (tertiary/aromatic N) is 2. The van der Waals surface area contributed by atoms with Crippen LogP contribution < -0.4 is 16.0 Å². The smallest absolute Gasteiger partial charge is 0.257 e. The minimum atomic E-state index is -0.146. The SMILES string of the molecule is COc1ccc(CN(C)C(=O)c2cccnc2NN)cc1. The molecule has 0 saturated carbocycles. The quantitative estimate of drug-likeness (QED) is 0.645. The molecule has 0 spiro atoms. The number of amides is 1. The number of benzene rings is 1. The third-order valence-electron chi connectivity index (χ3n) is 3.10. The maximum Gasteiger partial charge on any atom is 0.257 e. The van der Waals surface area contributed by atoms with E-state index in [-0.39, 0.29) is 5.91 Å². The lowest BCUT2D eigenvalue weighted by Crippen LogP contribution is -2.28. The Hall–Kier alpha value is -2.60. The van der Waals surface area contributed by atoms with E-state index in [4.69, 9.17) is 10.6 Å². The van der Waals surface area contributed by atoms with Crippen LogP contribution in [-0.4, -0.2) is 29.9 Å². The zero-order chi connectivity index (χ0) is 15.2. The van der Waals surface area contributed by atoms with Crippen molar-refractivity contribution in [2.45, 2.75) is 6.54 Å². The lowest BCUT2D eigenvalue weighted by Gasteiger charge is -2.18. The predicted molar refractivity (Wildman–Crippen MR) is 80.8 cm³/mol. The molecule has 1 aromatic heterocycles. The molecule has 3 N–H and O–H groups in total. The number of carbonyl (C=O) groups excluding carboxylic acids is 1. The predicted octanol–water partition coefficient (Wildman–Crippen LogP) is 1.65. The number of rotatable bonds is 5. The first kappa shape index (κ1) is 14.8. The summed E-state index contributed by atoms with van der Waals surface area (Å²) < 4.78 is 5.11. The van der Waals surface area contributed by atoms with Crippen molar-refractivity contribution in [3.8, 4) is 5.75 Å². The Kier molecular flexibility index (Phi) is 4.73. The molecule has 1 amide bonds. The molecular weight excluding hydrogens is 268 g/mol. The molecule has 21 heavy (non-hydrogen) atoms. The fourth-order valence-electron chi connectivity index (χ4n) is 1.98. The van der Waals surface area contributed by atoms with E-state index in [1.165, 1.54) is 0 Å². The van der Waals surface area contributed by atoms with E-state index >= 15 is 0 Å². The molecule has 0 fully saturated rings. The molecule has 0 atom stereocenters. The van der Waals surface area contributed by atoms with E-state index in [2.05, 4.69) is 10.4 Å². The van der Waals surface area contributed by atoms with E-state index in [9.17, 15) is 4.79 Å². The largest absolute Gasteiger partial charge is 0.497 e. The van der Waals surface area contributed by atoms with Crippen LogP contribution in [0.4, 0.5) is 5.82 Å². The highest BCUT2D eigenvalue weighted by molar-refractivity contribution is 5.98. The molecule has 0 aliphatic heterocycles. The standard InChI is InChI=1S/C15H18N4O2/c1-19(10-11-5-7-12(21-2)8-6-11)15(20)13-4-3-9-17-14(13)18-16/h3-9H,10,16H2,1-2H3,(H,17,18). The minimum absolute atomic E-state index is 0.146. The molecule has 0 unspecified atom stereocenters. The normalized spacial score (nSPS) is 10.0. The summed E-state index contributed by atoms with van der Waals surface area (Å²) in [5.74, 6) is 6.38. The number of anilines is 1. The molecule has 0 aliphatic rings. The summed E-state index contributed by atoms with van der Waals surface area (Å²) in [6.07, 6.45) is 1.58. The Balaban J connectivity index is 2.11. The van der Waals surface area contributed by atoms with Gasteiger partial charge in [0.15, 0.2) is 5.82 Å². The van der Waals surface area contributed by atoms with Gasteiger partial charge in [0.25, 0.3) is 5.91 Å². The first-order valence-corrected chi connectivity index (χ1v) is 6.45. The van der Waals surface area contributed by atoms with Gasteiger partial charge >= 0.3 is 0 Å². The van der Waals surface area contributed by atoms with Crippen molar-refractivity contribution in [1.29, 1.82) is 0 Å². The fourth-order valence-corrected chi connectivity index (χ4v) is 1.98. The molecule has 2 aromatic rings. The molecule has 6 heteroatoms. The summed E-state index contributed by atoms with van der Waals surface area (Å²) in [5.41, 5.74) is 3.89. The number of pyridine rings is 1. The fraction of sp³-hybridized carbons (Fsp3) is 0.200. The lowest BCUT2D eigenvalue weighted by molar-refractivity contribution is 0.0785. The minimum Gasteiger partial charge on any atom is -0.497 e. The number of ether oxygens (including phenoxy) is 1. The van der Waals surface area contributed by atoms with Gasteiger partial charge in [-0.15, -0.1) is 0 Å². The van der Waals surface area contributed by atoms with Crippen LogP contribution in [0.3, 0.4) is 0 Å². The molecule has 1 heterocycles. The summed E-state index contributed by atoms with van der Waals surface area (Å²) in [4.78, 5) is 18.1. The monoisotopic (exact) mass is 286 g/mol. The van der Waals surface area contributed by atoms with Crippen LogP contribution in [0.15, 0.2) is 42.6 Å². The molecule has 110 valence electrons. The van der Waals surface area contributed by atoms with Crippen molar-refractivity contribution in [3.63, 3.8) is 0 Å².